The van der Waals surface area contributed by atoms with E-state index in [9.17, 15) is 4.79 Å². The fraction of sp³-hybridized carbons (Fsp3) is 0.158. The number of carbonyl (C=O) groups is 1. The molecule has 1 atom stereocenters. The molecule has 24 heavy (non-hydrogen) atoms. The number of para-hydroxylation sites is 1. The van der Waals surface area contributed by atoms with Gasteiger partial charge in [0.25, 0.3) is 0 Å². The number of imidazole rings is 1. The van der Waals surface area contributed by atoms with Crippen molar-refractivity contribution in [3.05, 3.63) is 78.6 Å². The van der Waals surface area contributed by atoms with Crippen LogP contribution in [-0.4, -0.2) is 21.2 Å². The summed E-state index contributed by atoms with van der Waals surface area (Å²) in [4.78, 5) is 16.5. The molecule has 0 radical (unpaired) electrons. The average Bonchev–Trinajstić information content (AvgIpc) is 3.10. The van der Waals surface area contributed by atoms with Crippen LogP contribution < -0.4 is 5.32 Å². The van der Waals surface area contributed by atoms with Gasteiger partial charge < -0.3 is 5.32 Å². The third-order valence-electron chi connectivity index (χ3n) is 3.65. The number of carbonyl (C=O) groups excluding carboxylic acids is 1. The predicted molar refractivity (Wildman–Crippen MR) is 97.3 cm³/mol. The first-order chi connectivity index (χ1) is 11.7. The van der Waals surface area contributed by atoms with Gasteiger partial charge in [0.15, 0.2) is 5.16 Å². The molecule has 0 fully saturated rings. The number of nitrogens with one attached hydrogen (secondary N) is 1. The number of nitrogens with zero attached hydrogens (tertiary/aromatic N) is 2. The van der Waals surface area contributed by atoms with Crippen molar-refractivity contribution >= 4 is 17.7 Å². The molecule has 0 saturated heterocycles. The van der Waals surface area contributed by atoms with Crippen molar-refractivity contribution in [3.63, 3.8) is 0 Å². The zero-order valence-electron chi connectivity index (χ0n) is 13.4. The second-order valence-electron chi connectivity index (χ2n) is 5.40. The molecule has 5 heteroatoms. The van der Waals surface area contributed by atoms with Gasteiger partial charge in [-0.15, -0.1) is 0 Å². The molecule has 3 aromatic rings. The van der Waals surface area contributed by atoms with Crippen LogP contribution in [0.3, 0.4) is 0 Å². The van der Waals surface area contributed by atoms with E-state index in [1.54, 1.807) is 6.20 Å². The Bertz CT molecular complexity index is 787. The highest BCUT2D eigenvalue weighted by molar-refractivity contribution is 7.99. The molecule has 2 aromatic carbocycles. The molecule has 4 nitrogen and oxygen atoms in total. The molecule has 3 rings (SSSR count). The largest absolute Gasteiger partial charge is 0.349 e. The molecular weight excluding hydrogens is 318 g/mol. The van der Waals surface area contributed by atoms with E-state index >= 15 is 0 Å². The zero-order chi connectivity index (χ0) is 16.8. The molecule has 1 amide bonds. The van der Waals surface area contributed by atoms with E-state index in [1.807, 2.05) is 78.4 Å². The monoisotopic (exact) mass is 337 g/mol. The highest BCUT2D eigenvalue weighted by Crippen LogP contribution is 2.20. The topological polar surface area (TPSA) is 46.9 Å². The molecule has 1 N–H and O–H groups in total. The van der Waals surface area contributed by atoms with Crippen molar-refractivity contribution in [2.75, 3.05) is 5.75 Å². The summed E-state index contributed by atoms with van der Waals surface area (Å²) in [6, 6.07) is 19.9. The Labute approximate surface area is 145 Å². The van der Waals surface area contributed by atoms with Crippen LogP contribution in [0.4, 0.5) is 0 Å². The van der Waals surface area contributed by atoms with Crippen LogP contribution in [0.1, 0.15) is 18.5 Å². The standard InChI is InChI=1S/C19H19N3OS/c1-15(16-8-4-2-5-9-16)21-18(23)14-24-19-20-12-13-22(19)17-10-6-3-7-11-17/h2-13,15H,14H2,1H3,(H,21,23)/t15-/m1/s1. The first-order valence-electron chi connectivity index (χ1n) is 7.80. The van der Waals surface area contributed by atoms with Crippen LogP contribution >= 0.6 is 11.8 Å². The predicted octanol–water partition coefficient (Wildman–Crippen LogP) is 3.84. The maximum atomic E-state index is 12.2. The Kier molecular flexibility index (Phi) is 5.33. The number of rotatable bonds is 6. The Morgan fingerprint density at radius 1 is 1.12 bits per heavy atom. The van der Waals surface area contributed by atoms with Crippen molar-refractivity contribution < 1.29 is 4.79 Å². The molecule has 0 aliphatic carbocycles. The Hall–Kier alpha value is -2.53. The summed E-state index contributed by atoms with van der Waals surface area (Å²) >= 11 is 1.43. The van der Waals surface area contributed by atoms with Gasteiger partial charge in [0.1, 0.15) is 0 Å². The number of hydrogen-bond acceptors (Lipinski definition) is 3. The van der Waals surface area contributed by atoms with Crippen molar-refractivity contribution in [1.82, 2.24) is 14.9 Å². The van der Waals surface area contributed by atoms with Gasteiger partial charge in [0.2, 0.25) is 5.91 Å². The second-order valence-corrected chi connectivity index (χ2v) is 6.35. The summed E-state index contributed by atoms with van der Waals surface area (Å²) < 4.78 is 1.98. The smallest absolute Gasteiger partial charge is 0.230 e. The van der Waals surface area contributed by atoms with Gasteiger partial charge in [0, 0.05) is 18.1 Å². The lowest BCUT2D eigenvalue weighted by atomic mass is 10.1. The number of aromatic nitrogens is 2. The molecule has 1 heterocycles. The Balaban J connectivity index is 1.59. The lowest BCUT2D eigenvalue weighted by Gasteiger charge is -2.14. The third-order valence-corrected chi connectivity index (χ3v) is 4.62. The average molecular weight is 337 g/mol. The molecule has 0 saturated carbocycles. The van der Waals surface area contributed by atoms with Gasteiger partial charge in [-0.1, -0.05) is 60.3 Å². The first-order valence-corrected chi connectivity index (χ1v) is 8.78. The van der Waals surface area contributed by atoms with Gasteiger partial charge in [-0.3, -0.25) is 9.36 Å². The van der Waals surface area contributed by atoms with Gasteiger partial charge in [0.05, 0.1) is 11.8 Å². The number of benzene rings is 2. The van der Waals surface area contributed by atoms with E-state index < -0.39 is 0 Å². The zero-order valence-corrected chi connectivity index (χ0v) is 14.2. The number of thioether (sulfide) groups is 1. The Morgan fingerprint density at radius 3 is 2.50 bits per heavy atom. The molecule has 1 aromatic heterocycles. The summed E-state index contributed by atoms with van der Waals surface area (Å²) in [7, 11) is 0. The van der Waals surface area contributed by atoms with Gasteiger partial charge in [-0.05, 0) is 24.6 Å². The minimum Gasteiger partial charge on any atom is -0.349 e. The van der Waals surface area contributed by atoms with E-state index in [0.717, 1.165) is 16.4 Å². The number of amides is 1. The van der Waals surface area contributed by atoms with Crippen molar-refractivity contribution in [2.45, 2.75) is 18.1 Å². The van der Waals surface area contributed by atoms with Crippen molar-refractivity contribution in [3.8, 4) is 5.69 Å². The van der Waals surface area contributed by atoms with E-state index in [4.69, 9.17) is 0 Å². The molecular formula is C19H19N3OS. The molecule has 0 aliphatic rings. The van der Waals surface area contributed by atoms with Crippen molar-refractivity contribution in [2.24, 2.45) is 0 Å². The highest BCUT2D eigenvalue weighted by atomic mass is 32.2. The summed E-state index contributed by atoms with van der Waals surface area (Å²) in [5, 5.41) is 3.83. The van der Waals surface area contributed by atoms with E-state index in [-0.39, 0.29) is 11.9 Å². The lowest BCUT2D eigenvalue weighted by molar-refractivity contribution is -0.119. The van der Waals surface area contributed by atoms with Crippen LogP contribution in [0.15, 0.2) is 78.2 Å². The van der Waals surface area contributed by atoms with E-state index in [1.165, 1.54) is 11.8 Å². The SMILES string of the molecule is C[C@@H](NC(=O)CSc1nccn1-c1ccccc1)c1ccccc1. The van der Waals surface area contributed by atoms with Gasteiger partial charge >= 0.3 is 0 Å². The molecule has 0 spiro atoms. The maximum Gasteiger partial charge on any atom is 0.230 e. The third kappa shape index (κ3) is 4.06. The minimum absolute atomic E-state index is 0.000959. The molecule has 122 valence electrons. The minimum atomic E-state index is -0.00633. The van der Waals surface area contributed by atoms with Crippen LogP contribution in [0.5, 0.6) is 0 Å². The number of hydrogen-bond donors (Lipinski definition) is 1. The van der Waals surface area contributed by atoms with E-state index in [2.05, 4.69) is 10.3 Å². The molecule has 0 unspecified atom stereocenters. The molecule has 0 bridgehead atoms. The van der Waals surface area contributed by atoms with Crippen molar-refractivity contribution in [1.29, 1.82) is 0 Å². The summed E-state index contributed by atoms with van der Waals surface area (Å²) in [6.07, 6.45) is 3.65. The first kappa shape index (κ1) is 16.3. The van der Waals surface area contributed by atoms with Gasteiger partial charge in [-0.2, -0.15) is 0 Å². The fourth-order valence-corrected chi connectivity index (χ4v) is 3.20. The second kappa shape index (κ2) is 7.84. The summed E-state index contributed by atoms with van der Waals surface area (Å²) in [5.74, 6) is 0.333. The van der Waals surface area contributed by atoms with Crippen LogP contribution in [0, 0.1) is 0 Å². The van der Waals surface area contributed by atoms with Crippen LogP contribution in [0.2, 0.25) is 0 Å². The van der Waals surface area contributed by atoms with Gasteiger partial charge in [-0.25, -0.2) is 4.98 Å². The summed E-state index contributed by atoms with van der Waals surface area (Å²) in [5.41, 5.74) is 2.14. The Morgan fingerprint density at radius 2 is 1.79 bits per heavy atom. The van der Waals surface area contributed by atoms with Crippen LogP contribution in [0.25, 0.3) is 5.69 Å². The normalized spacial score (nSPS) is 11.9. The highest BCUT2D eigenvalue weighted by Gasteiger charge is 2.12. The van der Waals surface area contributed by atoms with Crippen LogP contribution in [-0.2, 0) is 4.79 Å². The molecule has 0 aliphatic heterocycles. The fourth-order valence-electron chi connectivity index (χ4n) is 2.42. The summed E-state index contributed by atoms with van der Waals surface area (Å²) in [6.45, 7) is 1.99. The quantitative estimate of drug-likeness (QED) is 0.695. The lowest BCUT2D eigenvalue weighted by Crippen LogP contribution is -2.28. The van der Waals surface area contributed by atoms with E-state index in [0.29, 0.717) is 5.75 Å². The maximum absolute atomic E-state index is 12.2.